The van der Waals surface area contributed by atoms with Gasteiger partial charge in [0.25, 0.3) is 0 Å². The Morgan fingerprint density at radius 2 is 1.95 bits per heavy atom. The minimum absolute atomic E-state index is 0.309. The second kappa shape index (κ2) is 6.98. The number of rotatable bonds is 5. The number of hydrogen-bond acceptors (Lipinski definition) is 3. The van der Waals surface area contributed by atoms with Crippen molar-refractivity contribution in [1.29, 1.82) is 0 Å². The van der Waals surface area contributed by atoms with Crippen LogP contribution in [0.3, 0.4) is 0 Å². The number of ether oxygens (including phenoxy) is 2. The van der Waals surface area contributed by atoms with Crippen LogP contribution in [-0.2, 0) is 6.42 Å². The molecule has 0 amide bonds. The van der Waals surface area contributed by atoms with E-state index in [1.54, 1.807) is 7.11 Å². The molecular formula is C17H27NO2. The number of benzene rings is 1. The molecule has 1 saturated carbocycles. The molecule has 20 heavy (non-hydrogen) atoms. The van der Waals surface area contributed by atoms with E-state index in [1.807, 2.05) is 6.07 Å². The van der Waals surface area contributed by atoms with Crippen molar-refractivity contribution in [3.05, 3.63) is 23.8 Å². The van der Waals surface area contributed by atoms with Crippen molar-refractivity contribution in [3.63, 3.8) is 0 Å². The first-order chi connectivity index (χ1) is 9.63. The predicted octanol–water partition coefficient (Wildman–Crippen LogP) is 3.40. The van der Waals surface area contributed by atoms with Crippen LogP contribution in [0.1, 0.15) is 38.7 Å². The quantitative estimate of drug-likeness (QED) is 0.897. The molecule has 2 N–H and O–H groups in total. The van der Waals surface area contributed by atoms with Gasteiger partial charge in [-0.1, -0.05) is 19.9 Å². The fraction of sp³-hybridized carbons (Fsp3) is 0.647. The minimum Gasteiger partial charge on any atom is -0.493 e. The molecule has 0 radical (unpaired) electrons. The molecule has 3 nitrogen and oxygen atoms in total. The van der Waals surface area contributed by atoms with Gasteiger partial charge >= 0.3 is 0 Å². The Morgan fingerprint density at radius 3 is 2.60 bits per heavy atom. The highest BCUT2D eigenvalue weighted by atomic mass is 16.5. The van der Waals surface area contributed by atoms with E-state index in [9.17, 15) is 0 Å². The molecule has 2 rings (SSSR count). The van der Waals surface area contributed by atoms with Gasteiger partial charge in [-0.25, -0.2) is 0 Å². The van der Waals surface area contributed by atoms with Crippen molar-refractivity contribution in [3.8, 4) is 11.5 Å². The van der Waals surface area contributed by atoms with E-state index in [4.69, 9.17) is 15.2 Å². The lowest BCUT2D eigenvalue weighted by Crippen LogP contribution is -2.28. The minimum atomic E-state index is 0.309. The average molecular weight is 277 g/mol. The lowest BCUT2D eigenvalue weighted by Gasteiger charge is -2.32. The third-order valence-electron chi connectivity index (χ3n) is 4.50. The molecule has 0 aliphatic heterocycles. The first-order valence-corrected chi connectivity index (χ1v) is 7.67. The Labute approximate surface area is 122 Å². The van der Waals surface area contributed by atoms with Gasteiger partial charge in [-0.2, -0.15) is 0 Å². The van der Waals surface area contributed by atoms with Gasteiger partial charge in [0.1, 0.15) is 0 Å². The van der Waals surface area contributed by atoms with Crippen LogP contribution in [0, 0.1) is 11.8 Å². The zero-order chi connectivity index (χ0) is 14.5. The van der Waals surface area contributed by atoms with Gasteiger partial charge in [-0.05, 0) is 61.8 Å². The fourth-order valence-corrected chi connectivity index (χ4v) is 2.92. The molecule has 112 valence electrons. The third-order valence-corrected chi connectivity index (χ3v) is 4.50. The molecule has 0 bridgehead atoms. The van der Waals surface area contributed by atoms with Crippen LogP contribution < -0.4 is 15.2 Å². The molecule has 3 heteroatoms. The zero-order valence-electron chi connectivity index (χ0n) is 12.9. The third kappa shape index (κ3) is 3.66. The lowest BCUT2D eigenvalue weighted by atomic mass is 9.80. The van der Waals surface area contributed by atoms with Gasteiger partial charge in [0.05, 0.1) is 13.2 Å². The molecule has 1 aliphatic rings. The molecule has 1 aromatic carbocycles. The normalized spacial score (nSPS) is 26.3. The Bertz CT molecular complexity index is 433. The maximum atomic E-state index is 6.22. The van der Waals surface area contributed by atoms with Gasteiger partial charge in [-0.15, -0.1) is 0 Å². The summed E-state index contributed by atoms with van der Waals surface area (Å²) in [6, 6.07) is 6.12. The van der Waals surface area contributed by atoms with Gasteiger partial charge in [0, 0.05) is 0 Å². The standard InChI is InChI=1S/C17H27NO2/c1-12-4-6-15(10-13(12)2)20-17-11-14(8-9-18)5-7-16(17)19-3/h5,7,11-13,15H,4,6,8-10,18H2,1-3H3. The highest BCUT2D eigenvalue weighted by molar-refractivity contribution is 5.43. The monoisotopic (exact) mass is 277 g/mol. The summed E-state index contributed by atoms with van der Waals surface area (Å²) in [4.78, 5) is 0. The van der Waals surface area contributed by atoms with E-state index >= 15 is 0 Å². The van der Waals surface area contributed by atoms with Gasteiger partial charge < -0.3 is 15.2 Å². The van der Waals surface area contributed by atoms with Crippen molar-refractivity contribution in [1.82, 2.24) is 0 Å². The Kier molecular flexibility index (Phi) is 5.30. The predicted molar refractivity (Wildman–Crippen MR) is 82.3 cm³/mol. The van der Waals surface area contributed by atoms with Crippen LogP contribution in [0.5, 0.6) is 11.5 Å². The molecule has 0 aromatic heterocycles. The molecule has 0 heterocycles. The zero-order valence-corrected chi connectivity index (χ0v) is 12.9. The first kappa shape index (κ1) is 15.2. The molecular weight excluding hydrogens is 250 g/mol. The summed E-state index contributed by atoms with van der Waals surface area (Å²) in [6.45, 7) is 5.31. The Balaban J connectivity index is 2.08. The molecule has 1 aromatic rings. The van der Waals surface area contributed by atoms with Gasteiger partial charge in [-0.3, -0.25) is 0 Å². The Hall–Kier alpha value is -1.22. The van der Waals surface area contributed by atoms with Crippen LogP contribution in [0.4, 0.5) is 0 Å². The highest BCUT2D eigenvalue weighted by Crippen LogP contribution is 2.35. The summed E-state index contributed by atoms with van der Waals surface area (Å²) >= 11 is 0. The summed E-state index contributed by atoms with van der Waals surface area (Å²) in [7, 11) is 1.69. The van der Waals surface area contributed by atoms with Crippen molar-refractivity contribution >= 4 is 0 Å². The molecule has 3 atom stereocenters. The van der Waals surface area contributed by atoms with Crippen LogP contribution in [0.2, 0.25) is 0 Å². The molecule has 0 spiro atoms. The van der Waals surface area contributed by atoms with Crippen LogP contribution in [0.25, 0.3) is 0 Å². The smallest absolute Gasteiger partial charge is 0.161 e. The molecule has 1 aliphatic carbocycles. The van der Waals surface area contributed by atoms with Crippen molar-refractivity contribution in [2.24, 2.45) is 17.6 Å². The van der Waals surface area contributed by atoms with Gasteiger partial charge in [0.15, 0.2) is 11.5 Å². The van der Waals surface area contributed by atoms with E-state index in [1.165, 1.54) is 12.0 Å². The van der Waals surface area contributed by atoms with Crippen LogP contribution >= 0.6 is 0 Å². The maximum Gasteiger partial charge on any atom is 0.161 e. The number of methoxy groups -OCH3 is 1. The summed E-state index contributed by atoms with van der Waals surface area (Å²) in [5, 5.41) is 0. The van der Waals surface area contributed by atoms with Gasteiger partial charge in [0.2, 0.25) is 0 Å². The topological polar surface area (TPSA) is 44.5 Å². The first-order valence-electron chi connectivity index (χ1n) is 7.67. The highest BCUT2D eigenvalue weighted by Gasteiger charge is 2.26. The molecule has 1 fully saturated rings. The SMILES string of the molecule is COc1ccc(CCN)cc1OC1CCC(C)C(C)C1. The van der Waals surface area contributed by atoms with E-state index in [0.29, 0.717) is 12.6 Å². The van der Waals surface area contributed by atoms with E-state index in [2.05, 4.69) is 26.0 Å². The molecule has 0 saturated heterocycles. The van der Waals surface area contributed by atoms with Crippen molar-refractivity contribution in [2.75, 3.05) is 13.7 Å². The summed E-state index contributed by atoms with van der Waals surface area (Å²) in [5.74, 6) is 3.22. The summed E-state index contributed by atoms with van der Waals surface area (Å²) in [5.41, 5.74) is 6.84. The number of nitrogens with two attached hydrogens (primary N) is 1. The van der Waals surface area contributed by atoms with E-state index in [-0.39, 0.29) is 0 Å². The van der Waals surface area contributed by atoms with Crippen LogP contribution in [0.15, 0.2) is 18.2 Å². The maximum absolute atomic E-state index is 6.22. The van der Waals surface area contributed by atoms with Crippen LogP contribution in [-0.4, -0.2) is 19.8 Å². The van der Waals surface area contributed by atoms with E-state index in [0.717, 1.165) is 42.6 Å². The summed E-state index contributed by atoms with van der Waals surface area (Å²) in [6.07, 6.45) is 4.69. The lowest BCUT2D eigenvalue weighted by molar-refractivity contribution is 0.0976. The fourth-order valence-electron chi connectivity index (χ4n) is 2.92. The molecule has 3 unspecified atom stereocenters. The van der Waals surface area contributed by atoms with Crippen molar-refractivity contribution < 1.29 is 9.47 Å². The van der Waals surface area contributed by atoms with E-state index < -0.39 is 0 Å². The summed E-state index contributed by atoms with van der Waals surface area (Å²) < 4.78 is 11.6. The average Bonchev–Trinajstić information content (AvgIpc) is 2.44. The second-order valence-electron chi connectivity index (χ2n) is 6.03. The second-order valence-corrected chi connectivity index (χ2v) is 6.03. The van der Waals surface area contributed by atoms with Crippen molar-refractivity contribution in [2.45, 2.75) is 45.6 Å². The Morgan fingerprint density at radius 1 is 1.15 bits per heavy atom. The number of hydrogen-bond donors (Lipinski definition) is 1. The largest absolute Gasteiger partial charge is 0.493 e.